The zero-order valence-corrected chi connectivity index (χ0v) is 6.95. The standard InChI is InChI=1S/C4H10NO2PS/c1-3-4-9-8(5,6)7-2/h3H,1,4H2,2H3,(H2,5,6). The Labute approximate surface area is 58.9 Å². The molecule has 0 bridgehead atoms. The molecule has 1 atom stereocenters. The summed E-state index contributed by atoms with van der Waals surface area (Å²) in [7, 11) is 1.33. The van der Waals surface area contributed by atoms with Crippen LogP contribution < -0.4 is 5.50 Å². The van der Waals surface area contributed by atoms with Crippen LogP contribution in [0.25, 0.3) is 0 Å². The largest absolute Gasteiger partial charge is 0.323 e. The molecule has 0 fully saturated rings. The molecule has 0 radical (unpaired) electrons. The predicted molar refractivity (Wildman–Crippen MR) is 41.5 cm³/mol. The van der Waals surface area contributed by atoms with Crippen molar-refractivity contribution in [2.24, 2.45) is 5.50 Å². The van der Waals surface area contributed by atoms with Crippen LogP contribution in [0.4, 0.5) is 0 Å². The second-order valence-electron chi connectivity index (χ2n) is 1.31. The molecule has 0 saturated heterocycles. The molecule has 0 aromatic carbocycles. The minimum absolute atomic E-state index is 0.557. The van der Waals surface area contributed by atoms with Gasteiger partial charge in [0.15, 0.2) is 0 Å². The Kier molecular flexibility index (Phi) is 4.23. The van der Waals surface area contributed by atoms with Gasteiger partial charge in [-0.3, -0.25) is 10.1 Å². The van der Waals surface area contributed by atoms with E-state index in [0.29, 0.717) is 5.75 Å². The zero-order chi connectivity index (χ0) is 7.33. The molecule has 3 nitrogen and oxygen atoms in total. The van der Waals surface area contributed by atoms with Crippen LogP contribution in [-0.2, 0) is 9.09 Å². The van der Waals surface area contributed by atoms with Crippen LogP contribution in [0.15, 0.2) is 12.7 Å². The normalized spacial score (nSPS) is 16.7. The van der Waals surface area contributed by atoms with Crippen molar-refractivity contribution in [1.82, 2.24) is 0 Å². The molecule has 0 aromatic rings. The van der Waals surface area contributed by atoms with Gasteiger partial charge in [-0.2, -0.15) is 0 Å². The molecule has 5 heteroatoms. The summed E-state index contributed by atoms with van der Waals surface area (Å²) in [5.74, 6) is 0.557. The van der Waals surface area contributed by atoms with E-state index in [9.17, 15) is 4.57 Å². The second kappa shape index (κ2) is 4.12. The SMILES string of the molecule is C=CCSP(N)(=O)OC. The van der Waals surface area contributed by atoms with E-state index >= 15 is 0 Å². The smallest absolute Gasteiger partial charge is 0.313 e. The van der Waals surface area contributed by atoms with E-state index in [4.69, 9.17) is 5.50 Å². The molecule has 0 aliphatic heterocycles. The molecule has 0 aromatic heterocycles. The van der Waals surface area contributed by atoms with Gasteiger partial charge in [0.25, 0.3) is 0 Å². The average Bonchev–Trinajstić information content (AvgIpc) is 1.84. The number of hydrogen-bond donors (Lipinski definition) is 1. The third kappa shape index (κ3) is 4.73. The first-order valence-electron chi connectivity index (χ1n) is 2.32. The average molecular weight is 167 g/mol. The molecule has 0 aliphatic carbocycles. The highest BCUT2D eigenvalue weighted by Crippen LogP contribution is 2.50. The third-order valence-electron chi connectivity index (χ3n) is 0.627. The van der Waals surface area contributed by atoms with Crippen LogP contribution in [0.5, 0.6) is 0 Å². The van der Waals surface area contributed by atoms with E-state index in [1.807, 2.05) is 0 Å². The fourth-order valence-electron chi connectivity index (χ4n) is 0.209. The molecule has 0 spiro atoms. The van der Waals surface area contributed by atoms with Crippen LogP contribution in [0.2, 0.25) is 0 Å². The Hall–Kier alpha value is 0.240. The van der Waals surface area contributed by atoms with Gasteiger partial charge in [-0.1, -0.05) is 6.08 Å². The quantitative estimate of drug-likeness (QED) is 0.510. The van der Waals surface area contributed by atoms with E-state index in [1.54, 1.807) is 6.08 Å². The summed E-state index contributed by atoms with van der Waals surface area (Å²) in [4.78, 5) is 0. The van der Waals surface area contributed by atoms with Crippen LogP contribution in [-0.4, -0.2) is 12.9 Å². The van der Waals surface area contributed by atoms with Gasteiger partial charge in [0.05, 0.1) is 0 Å². The van der Waals surface area contributed by atoms with E-state index in [0.717, 1.165) is 11.4 Å². The van der Waals surface area contributed by atoms with Crippen molar-refractivity contribution in [2.45, 2.75) is 0 Å². The van der Waals surface area contributed by atoms with Crippen molar-refractivity contribution < 1.29 is 9.09 Å². The monoisotopic (exact) mass is 167 g/mol. The van der Waals surface area contributed by atoms with Gasteiger partial charge >= 0.3 is 6.72 Å². The minimum Gasteiger partial charge on any atom is -0.313 e. The van der Waals surface area contributed by atoms with Crippen molar-refractivity contribution in [2.75, 3.05) is 12.9 Å². The Morgan fingerprint density at radius 1 is 2.00 bits per heavy atom. The highest BCUT2D eigenvalue weighted by molar-refractivity contribution is 8.55. The summed E-state index contributed by atoms with van der Waals surface area (Å²) in [6, 6.07) is 0. The van der Waals surface area contributed by atoms with Gasteiger partial charge < -0.3 is 4.52 Å². The molecule has 0 rings (SSSR count). The molecule has 1 unspecified atom stereocenters. The fourth-order valence-corrected chi connectivity index (χ4v) is 1.88. The Morgan fingerprint density at radius 2 is 2.56 bits per heavy atom. The summed E-state index contributed by atoms with van der Waals surface area (Å²) in [6.45, 7) is 0.600. The van der Waals surface area contributed by atoms with Crippen LogP contribution >= 0.6 is 18.1 Å². The maximum absolute atomic E-state index is 10.8. The Bertz CT molecular complexity index is 139. The van der Waals surface area contributed by atoms with E-state index in [1.165, 1.54) is 7.11 Å². The van der Waals surface area contributed by atoms with Crippen LogP contribution in [0.1, 0.15) is 0 Å². The van der Waals surface area contributed by atoms with Crippen LogP contribution in [0.3, 0.4) is 0 Å². The predicted octanol–water partition coefficient (Wildman–Crippen LogP) is 1.62. The molecule has 0 saturated carbocycles. The highest BCUT2D eigenvalue weighted by Gasteiger charge is 2.12. The van der Waals surface area contributed by atoms with Gasteiger partial charge in [-0.25, -0.2) is 0 Å². The Morgan fingerprint density at radius 3 is 2.89 bits per heavy atom. The minimum atomic E-state index is -2.84. The van der Waals surface area contributed by atoms with Gasteiger partial charge in [0.1, 0.15) is 0 Å². The van der Waals surface area contributed by atoms with Gasteiger partial charge in [0.2, 0.25) is 0 Å². The van der Waals surface area contributed by atoms with Crippen molar-refractivity contribution >= 4 is 18.1 Å². The van der Waals surface area contributed by atoms with E-state index in [-0.39, 0.29) is 0 Å². The first kappa shape index (κ1) is 9.24. The summed E-state index contributed by atoms with van der Waals surface area (Å²) in [5.41, 5.74) is 5.15. The third-order valence-corrected chi connectivity index (χ3v) is 3.85. The van der Waals surface area contributed by atoms with Crippen molar-refractivity contribution in [1.29, 1.82) is 0 Å². The maximum Gasteiger partial charge on any atom is 0.323 e. The van der Waals surface area contributed by atoms with Crippen molar-refractivity contribution in [3.63, 3.8) is 0 Å². The summed E-state index contributed by atoms with van der Waals surface area (Å²) in [5, 5.41) is 0. The molecule has 0 aliphatic rings. The molecule has 9 heavy (non-hydrogen) atoms. The van der Waals surface area contributed by atoms with Crippen molar-refractivity contribution in [3.8, 4) is 0 Å². The molecule has 2 N–H and O–H groups in total. The van der Waals surface area contributed by atoms with Gasteiger partial charge in [-0.05, 0) is 11.4 Å². The molecular weight excluding hydrogens is 157 g/mol. The lowest BCUT2D eigenvalue weighted by Crippen LogP contribution is -1.91. The fraction of sp³-hybridized carbons (Fsp3) is 0.500. The summed E-state index contributed by atoms with van der Waals surface area (Å²) in [6.07, 6.45) is 1.63. The number of nitrogens with two attached hydrogens (primary N) is 1. The number of rotatable bonds is 4. The molecule has 54 valence electrons. The zero-order valence-electron chi connectivity index (χ0n) is 5.24. The van der Waals surface area contributed by atoms with E-state index in [2.05, 4.69) is 11.1 Å². The molecule has 0 amide bonds. The lowest BCUT2D eigenvalue weighted by atomic mass is 10.8. The molecule has 0 heterocycles. The lowest BCUT2D eigenvalue weighted by molar-refractivity contribution is 0.410. The summed E-state index contributed by atoms with van der Waals surface area (Å²) < 4.78 is 15.3. The van der Waals surface area contributed by atoms with Crippen LogP contribution in [0, 0.1) is 0 Å². The first-order chi connectivity index (χ1) is 4.12. The van der Waals surface area contributed by atoms with Crippen molar-refractivity contribution in [3.05, 3.63) is 12.7 Å². The van der Waals surface area contributed by atoms with E-state index < -0.39 is 6.72 Å². The molecular formula is C4H10NO2PS. The topological polar surface area (TPSA) is 52.3 Å². The maximum atomic E-state index is 10.8. The highest BCUT2D eigenvalue weighted by atomic mass is 32.7. The summed E-state index contributed by atoms with van der Waals surface area (Å²) >= 11 is 1.07. The Balaban J connectivity index is 3.58. The van der Waals surface area contributed by atoms with Gasteiger partial charge in [-0.15, -0.1) is 6.58 Å². The second-order valence-corrected chi connectivity index (χ2v) is 5.64. The first-order valence-corrected chi connectivity index (χ1v) is 5.60. The van der Waals surface area contributed by atoms with Gasteiger partial charge in [0, 0.05) is 12.9 Å². The number of hydrogen-bond acceptors (Lipinski definition) is 3. The lowest BCUT2D eigenvalue weighted by Gasteiger charge is -2.05.